The summed E-state index contributed by atoms with van der Waals surface area (Å²) in [4.78, 5) is 7.57. The molecule has 1 unspecified atom stereocenters. The number of rotatable bonds is 4. The Morgan fingerprint density at radius 1 is 1.33 bits per heavy atom. The minimum Gasteiger partial charge on any atom is -0.369 e. The maximum absolute atomic E-state index is 12.7. The lowest BCUT2D eigenvalue weighted by Gasteiger charge is -2.34. The predicted molar refractivity (Wildman–Crippen MR) is 117 cm³/mol. The highest BCUT2D eigenvalue weighted by Gasteiger charge is 2.73. The van der Waals surface area contributed by atoms with E-state index in [2.05, 4.69) is 28.6 Å². The predicted octanol–water partition coefficient (Wildman–Crippen LogP) is 2.52. The number of nitrogens with zero attached hydrogens (tertiary/aromatic N) is 4. The molecule has 2 fully saturated rings. The minimum absolute atomic E-state index is 0.0233. The highest BCUT2D eigenvalue weighted by molar-refractivity contribution is 7.89. The lowest BCUT2D eigenvalue weighted by Crippen LogP contribution is -2.51. The molecule has 3 aliphatic heterocycles. The molecule has 0 saturated carbocycles. The van der Waals surface area contributed by atoms with Crippen LogP contribution in [0.4, 0.5) is 0 Å². The third kappa shape index (κ3) is 2.53. The first-order valence-corrected chi connectivity index (χ1v) is 12.1. The van der Waals surface area contributed by atoms with Crippen molar-refractivity contribution in [2.24, 2.45) is 10.7 Å². The van der Waals surface area contributed by atoms with Crippen molar-refractivity contribution in [2.45, 2.75) is 24.9 Å². The zero-order chi connectivity index (χ0) is 21.5. The molecule has 7 nitrogen and oxygen atoms in total. The minimum atomic E-state index is -3.54. The molecule has 0 amide bonds. The normalized spacial score (nSPS) is 28.6. The number of sulfonamides is 1. The van der Waals surface area contributed by atoms with Crippen molar-refractivity contribution in [1.29, 1.82) is 5.26 Å². The van der Waals surface area contributed by atoms with E-state index in [1.54, 1.807) is 13.8 Å². The summed E-state index contributed by atoms with van der Waals surface area (Å²) >= 11 is 1.46. The smallest absolute Gasteiger partial charge is 0.240 e. The van der Waals surface area contributed by atoms with Gasteiger partial charge in [-0.15, -0.1) is 11.3 Å². The van der Waals surface area contributed by atoms with E-state index < -0.39 is 15.6 Å². The van der Waals surface area contributed by atoms with Crippen LogP contribution >= 0.6 is 11.3 Å². The van der Waals surface area contributed by atoms with E-state index in [-0.39, 0.29) is 23.8 Å². The van der Waals surface area contributed by atoms with E-state index in [4.69, 9.17) is 5.73 Å². The van der Waals surface area contributed by atoms with Crippen molar-refractivity contribution in [3.63, 3.8) is 0 Å². The second-order valence-corrected chi connectivity index (χ2v) is 11.0. The number of benzene rings is 1. The van der Waals surface area contributed by atoms with Gasteiger partial charge in [0.15, 0.2) is 0 Å². The molecule has 2 aromatic rings. The van der Waals surface area contributed by atoms with E-state index in [0.29, 0.717) is 5.56 Å². The Labute approximate surface area is 179 Å². The lowest BCUT2D eigenvalue weighted by atomic mass is 9.94. The van der Waals surface area contributed by atoms with Crippen LogP contribution in [0, 0.1) is 11.3 Å². The number of aliphatic imine (C=N–C) groups is 1. The van der Waals surface area contributed by atoms with Gasteiger partial charge in [-0.3, -0.25) is 0 Å². The van der Waals surface area contributed by atoms with Crippen LogP contribution in [-0.4, -0.2) is 42.4 Å². The van der Waals surface area contributed by atoms with Gasteiger partial charge in [0.05, 0.1) is 23.9 Å². The maximum Gasteiger partial charge on any atom is 0.240 e. The molecule has 2 N–H and O–H groups in total. The number of thiophene rings is 1. The summed E-state index contributed by atoms with van der Waals surface area (Å²) in [7, 11) is -3.54. The topological polar surface area (TPSA) is 103 Å². The first-order valence-electron chi connectivity index (χ1n) is 9.62. The molecule has 0 spiro atoms. The van der Waals surface area contributed by atoms with Crippen LogP contribution in [0.15, 0.2) is 46.9 Å². The summed E-state index contributed by atoms with van der Waals surface area (Å²) < 4.78 is 26.5. The van der Waals surface area contributed by atoms with Gasteiger partial charge in [-0.25, -0.2) is 17.7 Å². The second-order valence-electron chi connectivity index (χ2n) is 8.17. The molecule has 2 atom stereocenters. The van der Waals surface area contributed by atoms with Gasteiger partial charge in [0, 0.05) is 17.1 Å². The Kier molecular flexibility index (Phi) is 3.74. The van der Waals surface area contributed by atoms with E-state index in [1.165, 1.54) is 11.3 Å². The fraction of sp³-hybridized carbons (Fsp3) is 0.333. The van der Waals surface area contributed by atoms with Crippen molar-refractivity contribution in [3.8, 4) is 17.2 Å². The summed E-state index contributed by atoms with van der Waals surface area (Å²) in [6.45, 7) is 8.82. The van der Waals surface area contributed by atoms with Gasteiger partial charge in [-0.1, -0.05) is 6.58 Å². The average Bonchev–Trinajstić information content (AvgIpc) is 3.49. The molecule has 154 valence electrons. The number of guanidine groups is 1. The molecule has 5 rings (SSSR count). The van der Waals surface area contributed by atoms with Crippen molar-refractivity contribution in [1.82, 2.24) is 9.21 Å². The summed E-state index contributed by atoms with van der Waals surface area (Å²) in [6, 6.07) is 10.1. The summed E-state index contributed by atoms with van der Waals surface area (Å²) in [5.41, 5.74) is 9.61. The zero-order valence-electron chi connectivity index (χ0n) is 16.7. The van der Waals surface area contributed by atoms with Crippen LogP contribution in [0.2, 0.25) is 0 Å². The van der Waals surface area contributed by atoms with E-state index in [1.807, 2.05) is 23.6 Å². The SMILES string of the molecule is C=C1N2CC12c1cc(C#N)cc(-c2csc([C@]3(C)CS(=O)(=O)N(CC)C(N)=N3)c2)c1. The molecule has 9 heteroatoms. The fourth-order valence-electron chi connectivity index (χ4n) is 4.36. The fourth-order valence-corrected chi connectivity index (χ4v) is 7.28. The molecule has 1 aromatic carbocycles. The van der Waals surface area contributed by atoms with Gasteiger partial charge < -0.3 is 10.6 Å². The molecule has 0 radical (unpaired) electrons. The first kappa shape index (κ1) is 19.2. The molecule has 0 bridgehead atoms. The second kappa shape index (κ2) is 5.86. The lowest BCUT2D eigenvalue weighted by molar-refractivity contribution is 0.465. The summed E-state index contributed by atoms with van der Waals surface area (Å²) in [5.74, 6) is -0.106. The monoisotopic (exact) mass is 439 g/mol. The van der Waals surface area contributed by atoms with Crippen LogP contribution in [0.3, 0.4) is 0 Å². The van der Waals surface area contributed by atoms with E-state index >= 15 is 0 Å². The molecule has 1 aromatic heterocycles. The number of hydrogen-bond acceptors (Lipinski definition) is 7. The Hall–Kier alpha value is -2.83. The highest BCUT2D eigenvalue weighted by Crippen LogP contribution is 2.67. The van der Waals surface area contributed by atoms with Gasteiger partial charge in [-0.2, -0.15) is 5.26 Å². The Balaban J connectivity index is 1.54. The standard InChI is InChI=1S/C21H21N5O2S2/c1-4-26-19(23)24-20(3,12-30(26,27)28)18-8-16(10-29-18)15-5-14(9-22)6-17(7-15)21-11-25(21)13(21)2/h5-8,10H,2,4,11-12H2,1,3H3,(H2,23,24)/t20-,21?,25?/m0/s1. The third-order valence-electron chi connectivity index (χ3n) is 6.20. The molecule has 30 heavy (non-hydrogen) atoms. The highest BCUT2D eigenvalue weighted by atomic mass is 32.2. The Morgan fingerprint density at radius 2 is 2.07 bits per heavy atom. The molecule has 3 aliphatic rings. The summed E-state index contributed by atoms with van der Waals surface area (Å²) in [5, 5.41) is 11.5. The van der Waals surface area contributed by atoms with Crippen LogP contribution in [0.25, 0.3) is 11.1 Å². The van der Waals surface area contributed by atoms with E-state index in [0.717, 1.165) is 38.1 Å². The molecular formula is C21H21N5O2S2. The van der Waals surface area contributed by atoms with Gasteiger partial charge in [0.1, 0.15) is 11.1 Å². The molecule has 2 saturated heterocycles. The van der Waals surface area contributed by atoms with Crippen molar-refractivity contribution in [2.75, 3.05) is 18.8 Å². The Bertz CT molecular complexity index is 1290. The maximum atomic E-state index is 12.7. The van der Waals surface area contributed by atoms with Crippen molar-refractivity contribution < 1.29 is 8.42 Å². The average molecular weight is 440 g/mol. The van der Waals surface area contributed by atoms with Gasteiger partial charge in [-0.05, 0) is 60.2 Å². The number of nitriles is 1. The molecule has 4 heterocycles. The van der Waals surface area contributed by atoms with E-state index in [9.17, 15) is 13.7 Å². The van der Waals surface area contributed by atoms with Gasteiger partial charge in [0.2, 0.25) is 16.0 Å². The number of nitrogens with two attached hydrogens (primary N) is 1. The largest absolute Gasteiger partial charge is 0.369 e. The first-order chi connectivity index (χ1) is 14.1. The number of hydrogen-bond donors (Lipinski definition) is 1. The quantitative estimate of drug-likeness (QED) is 0.738. The van der Waals surface area contributed by atoms with Gasteiger partial charge >= 0.3 is 0 Å². The van der Waals surface area contributed by atoms with Gasteiger partial charge in [0.25, 0.3) is 0 Å². The van der Waals surface area contributed by atoms with Crippen LogP contribution in [-0.2, 0) is 21.1 Å². The Morgan fingerprint density at radius 3 is 2.63 bits per heavy atom. The van der Waals surface area contributed by atoms with Crippen LogP contribution in [0.1, 0.15) is 29.9 Å². The van der Waals surface area contributed by atoms with Crippen LogP contribution < -0.4 is 5.73 Å². The van der Waals surface area contributed by atoms with Crippen molar-refractivity contribution >= 4 is 27.3 Å². The summed E-state index contributed by atoms with van der Waals surface area (Å²) in [6.07, 6.45) is 0. The molecular weight excluding hydrogens is 418 g/mol. The van der Waals surface area contributed by atoms with Crippen LogP contribution in [0.5, 0.6) is 0 Å². The molecule has 0 aliphatic carbocycles. The zero-order valence-corrected chi connectivity index (χ0v) is 18.3. The third-order valence-corrected chi connectivity index (χ3v) is 9.43. The van der Waals surface area contributed by atoms with Crippen molar-refractivity contribution in [3.05, 3.63) is 57.9 Å². The number of fused-ring (bicyclic) bond motifs is 1.